The normalized spacial score (nSPS) is 18.5. The molecule has 1 heterocycles. The van der Waals surface area contributed by atoms with Crippen LogP contribution in [0.4, 0.5) is 0 Å². The monoisotopic (exact) mass is 339 g/mol. The van der Waals surface area contributed by atoms with Crippen molar-refractivity contribution < 1.29 is 14.1 Å². The maximum Gasteiger partial charge on any atom is 0.495 e. The van der Waals surface area contributed by atoms with Crippen LogP contribution >= 0.6 is 0 Å². The third kappa shape index (κ3) is 3.19. The summed E-state index contributed by atoms with van der Waals surface area (Å²) >= 11 is 0. The molecule has 3 rings (SSSR count). The standard InChI is InChI=1S/C20H26BNO3/c1-6-13-22-18(23)16-11-7-10-15-14(16)9-8-12-17(15)21-24-19(2,3)20(4,5)25-21/h7-12H,6,13H2,1-5H3,(H,22,23). The molecule has 2 aromatic rings. The molecule has 1 fully saturated rings. The molecule has 1 amide bonds. The molecule has 4 nitrogen and oxygen atoms in total. The van der Waals surface area contributed by atoms with Crippen molar-refractivity contribution in [3.8, 4) is 0 Å². The van der Waals surface area contributed by atoms with E-state index in [1.165, 1.54) is 0 Å². The Morgan fingerprint density at radius 2 is 1.60 bits per heavy atom. The van der Waals surface area contributed by atoms with Gasteiger partial charge in [-0.25, -0.2) is 0 Å². The van der Waals surface area contributed by atoms with Gasteiger partial charge in [0.1, 0.15) is 0 Å². The Morgan fingerprint density at radius 1 is 1.00 bits per heavy atom. The van der Waals surface area contributed by atoms with Crippen LogP contribution in [0.3, 0.4) is 0 Å². The molecule has 0 radical (unpaired) electrons. The minimum Gasteiger partial charge on any atom is -0.399 e. The van der Waals surface area contributed by atoms with Crippen molar-refractivity contribution in [2.45, 2.75) is 52.2 Å². The summed E-state index contributed by atoms with van der Waals surface area (Å²) in [6, 6.07) is 11.7. The maximum atomic E-state index is 12.5. The van der Waals surface area contributed by atoms with Crippen molar-refractivity contribution in [1.29, 1.82) is 0 Å². The molecule has 0 unspecified atom stereocenters. The fourth-order valence-electron chi connectivity index (χ4n) is 3.04. The molecular weight excluding hydrogens is 313 g/mol. The lowest BCUT2D eigenvalue weighted by Crippen LogP contribution is -2.41. The summed E-state index contributed by atoms with van der Waals surface area (Å²) in [5, 5.41) is 4.87. The van der Waals surface area contributed by atoms with E-state index in [2.05, 4.69) is 5.32 Å². The third-order valence-electron chi connectivity index (χ3n) is 5.24. The summed E-state index contributed by atoms with van der Waals surface area (Å²) in [6.07, 6.45) is 0.912. The van der Waals surface area contributed by atoms with E-state index in [-0.39, 0.29) is 5.91 Å². The molecular formula is C20H26BNO3. The van der Waals surface area contributed by atoms with Crippen LogP contribution < -0.4 is 10.8 Å². The van der Waals surface area contributed by atoms with E-state index in [1.54, 1.807) is 0 Å². The Bertz CT molecular complexity index is 785. The Labute approximate surface area is 150 Å². The second kappa shape index (κ2) is 6.47. The molecule has 25 heavy (non-hydrogen) atoms. The summed E-state index contributed by atoms with van der Waals surface area (Å²) in [5.74, 6) is -0.0430. The highest BCUT2D eigenvalue weighted by Crippen LogP contribution is 2.37. The van der Waals surface area contributed by atoms with Gasteiger partial charge in [-0.3, -0.25) is 4.79 Å². The molecule has 1 N–H and O–H groups in total. The average Bonchev–Trinajstić information content (AvgIpc) is 2.79. The predicted octanol–water partition coefficient (Wildman–Crippen LogP) is 3.28. The van der Waals surface area contributed by atoms with Crippen LogP contribution in [0.15, 0.2) is 36.4 Å². The summed E-state index contributed by atoms with van der Waals surface area (Å²) < 4.78 is 12.4. The largest absolute Gasteiger partial charge is 0.495 e. The van der Waals surface area contributed by atoms with Gasteiger partial charge < -0.3 is 14.6 Å². The topological polar surface area (TPSA) is 47.6 Å². The molecule has 132 valence electrons. The Morgan fingerprint density at radius 3 is 2.24 bits per heavy atom. The lowest BCUT2D eigenvalue weighted by molar-refractivity contribution is 0.00578. The Kier molecular flexibility index (Phi) is 4.65. The SMILES string of the molecule is CCCNC(=O)c1cccc2c(B3OC(C)(C)C(C)(C)O3)cccc12. The van der Waals surface area contributed by atoms with Crippen LogP contribution in [0, 0.1) is 0 Å². The van der Waals surface area contributed by atoms with Crippen molar-refractivity contribution in [3.63, 3.8) is 0 Å². The summed E-state index contributed by atoms with van der Waals surface area (Å²) in [5.41, 5.74) is 0.858. The molecule has 0 spiro atoms. The number of carbonyl (C=O) groups excluding carboxylic acids is 1. The molecule has 5 heteroatoms. The van der Waals surface area contributed by atoms with Gasteiger partial charge in [-0.2, -0.15) is 0 Å². The molecule has 0 aliphatic carbocycles. The van der Waals surface area contributed by atoms with Gasteiger partial charge in [0, 0.05) is 12.1 Å². The van der Waals surface area contributed by atoms with Crippen LogP contribution in [0.5, 0.6) is 0 Å². The minimum atomic E-state index is -0.442. The number of benzene rings is 2. The number of carbonyl (C=O) groups is 1. The highest BCUT2D eigenvalue weighted by atomic mass is 16.7. The number of amides is 1. The van der Waals surface area contributed by atoms with Gasteiger partial charge in [-0.1, -0.05) is 37.3 Å². The highest BCUT2D eigenvalue weighted by molar-refractivity contribution is 6.65. The van der Waals surface area contributed by atoms with Gasteiger partial charge in [0.15, 0.2) is 0 Å². The van der Waals surface area contributed by atoms with Crippen LogP contribution in [0.25, 0.3) is 10.8 Å². The molecule has 1 saturated heterocycles. The van der Waals surface area contributed by atoms with Gasteiger partial charge in [0.05, 0.1) is 11.2 Å². The lowest BCUT2D eigenvalue weighted by Gasteiger charge is -2.32. The van der Waals surface area contributed by atoms with Gasteiger partial charge >= 0.3 is 7.12 Å². The molecule has 1 aliphatic heterocycles. The van der Waals surface area contributed by atoms with E-state index in [4.69, 9.17) is 9.31 Å². The first-order valence-electron chi connectivity index (χ1n) is 8.92. The molecule has 1 aliphatic rings. The van der Waals surface area contributed by atoms with Crippen molar-refractivity contribution in [3.05, 3.63) is 42.0 Å². The first-order chi connectivity index (χ1) is 11.8. The summed E-state index contributed by atoms with van der Waals surface area (Å²) in [6.45, 7) is 10.9. The fourth-order valence-corrected chi connectivity index (χ4v) is 3.04. The van der Waals surface area contributed by atoms with E-state index in [1.807, 2.05) is 71.0 Å². The van der Waals surface area contributed by atoms with Crippen LogP contribution in [0.2, 0.25) is 0 Å². The Balaban J connectivity index is 2.03. The number of nitrogens with one attached hydrogen (secondary N) is 1. The first-order valence-corrected chi connectivity index (χ1v) is 8.92. The minimum absolute atomic E-state index is 0.0430. The van der Waals surface area contributed by atoms with Gasteiger partial charge in [-0.05, 0) is 56.4 Å². The second-order valence-electron chi connectivity index (χ2n) is 7.59. The van der Waals surface area contributed by atoms with Crippen LogP contribution in [-0.4, -0.2) is 30.8 Å². The van der Waals surface area contributed by atoms with Crippen molar-refractivity contribution in [2.75, 3.05) is 6.54 Å². The van der Waals surface area contributed by atoms with Gasteiger partial charge in [-0.15, -0.1) is 0 Å². The number of rotatable bonds is 4. The molecule has 0 aromatic heterocycles. The quantitative estimate of drug-likeness (QED) is 0.870. The summed E-state index contributed by atoms with van der Waals surface area (Å²) in [4.78, 5) is 12.5. The molecule has 2 aromatic carbocycles. The number of hydrogen-bond donors (Lipinski definition) is 1. The van der Waals surface area contributed by atoms with E-state index < -0.39 is 18.3 Å². The third-order valence-corrected chi connectivity index (χ3v) is 5.24. The highest BCUT2D eigenvalue weighted by Gasteiger charge is 2.52. The number of hydrogen-bond acceptors (Lipinski definition) is 3. The van der Waals surface area contributed by atoms with Gasteiger partial charge in [0.25, 0.3) is 5.91 Å². The smallest absolute Gasteiger partial charge is 0.399 e. The van der Waals surface area contributed by atoms with Crippen molar-refractivity contribution >= 4 is 29.3 Å². The second-order valence-corrected chi connectivity index (χ2v) is 7.59. The van der Waals surface area contributed by atoms with E-state index in [0.29, 0.717) is 12.1 Å². The van der Waals surface area contributed by atoms with Crippen molar-refractivity contribution in [1.82, 2.24) is 5.32 Å². The van der Waals surface area contributed by atoms with Crippen molar-refractivity contribution in [2.24, 2.45) is 0 Å². The van der Waals surface area contributed by atoms with Crippen LogP contribution in [0.1, 0.15) is 51.4 Å². The predicted molar refractivity (Wildman–Crippen MR) is 102 cm³/mol. The zero-order valence-electron chi connectivity index (χ0n) is 15.7. The number of fused-ring (bicyclic) bond motifs is 1. The average molecular weight is 339 g/mol. The van der Waals surface area contributed by atoms with Gasteiger partial charge in [0.2, 0.25) is 0 Å². The molecule has 0 atom stereocenters. The zero-order valence-corrected chi connectivity index (χ0v) is 15.7. The maximum absolute atomic E-state index is 12.5. The van der Waals surface area contributed by atoms with Crippen LogP contribution in [-0.2, 0) is 9.31 Å². The molecule has 0 saturated carbocycles. The first kappa shape index (κ1) is 18.0. The zero-order chi connectivity index (χ0) is 18.2. The fraction of sp³-hybridized carbons (Fsp3) is 0.450. The summed E-state index contributed by atoms with van der Waals surface area (Å²) in [7, 11) is -0.442. The van der Waals surface area contributed by atoms with E-state index in [0.717, 1.165) is 22.7 Å². The lowest BCUT2D eigenvalue weighted by atomic mass is 9.75. The van der Waals surface area contributed by atoms with E-state index in [9.17, 15) is 4.79 Å². The molecule has 0 bridgehead atoms. The Hall–Kier alpha value is -1.85. The van der Waals surface area contributed by atoms with E-state index >= 15 is 0 Å².